The fraction of sp³-hybridized carbons (Fsp3) is 0.200. The van der Waals surface area contributed by atoms with Crippen molar-refractivity contribution in [1.29, 1.82) is 0 Å². The van der Waals surface area contributed by atoms with Gasteiger partial charge in [-0.15, -0.1) is 0 Å². The van der Waals surface area contributed by atoms with Crippen molar-refractivity contribution in [1.82, 2.24) is 0 Å². The summed E-state index contributed by atoms with van der Waals surface area (Å²) in [5.41, 5.74) is 1.65. The second-order valence-electron chi connectivity index (χ2n) is 2.49. The van der Waals surface area contributed by atoms with Crippen LogP contribution in [0.25, 0.3) is 0 Å². The molecule has 0 heterocycles. The first-order chi connectivity index (χ1) is 5.77. The highest BCUT2D eigenvalue weighted by molar-refractivity contribution is 5.75. The van der Waals surface area contributed by atoms with Crippen LogP contribution in [0.2, 0.25) is 0 Å². The Morgan fingerprint density at radius 2 is 2.33 bits per heavy atom. The zero-order valence-corrected chi connectivity index (χ0v) is 7.04. The lowest BCUT2D eigenvalue weighted by molar-refractivity contribution is 0.112. The maximum atomic E-state index is 10.4. The van der Waals surface area contributed by atoms with Crippen LogP contribution in [0, 0.1) is 13.8 Å². The monoisotopic (exact) mass is 163 g/mol. The number of benzene rings is 1. The molecule has 0 spiro atoms. The van der Waals surface area contributed by atoms with E-state index in [-0.39, 0.29) is 0 Å². The van der Waals surface area contributed by atoms with Gasteiger partial charge in [0.2, 0.25) is 0 Å². The number of ether oxygens (including phenoxy) is 1. The predicted molar refractivity (Wildman–Crippen MR) is 47.4 cm³/mol. The molecular formula is C10H11O2. The van der Waals surface area contributed by atoms with Crippen molar-refractivity contribution in [3.63, 3.8) is 0 Å². The highest BCUT2D eigenvalue weighted by Crippen LogP contribution is 2.18. The average molecular weight is 163 g/mol. The van der Waals surface area contributed by atoms with Crippen LogP contribution in [-0.2, 0) is 0 Å². The first-order valence-electron chi connectivity index (χ1n) is 3.76. The van der Waals surface area contributed by atoms with Crippen LogP contribution in [0.1, 0.15) is 15.9 Å². The van der Waals surface area contributed by atoms with Gasteiger partial charge in [-0.05, 0) is 25.5 Å². The SMILES string of the molecule is [CH2]COc1cc(C=O)ccc1C. The van der Waals surface area contributed by atoms with E-state index in [0.29, 0.717) is 12.2 Å². The van der Waals surface area contributed by atoms with Gasteiger partial charge in [-0.25, -0.2) is 0 Å². The maximum Gasteiger partial charge on any atom is 0.150 e. The van der Waals surface area contributed by atoms with E-state index in [9.17, 15) is 4.79 Å². The number of rotatable bonds is 3. The fourth-order valence-corrected chi connectivity index (χ4v) is 0.955. The van der Waals surface area contributed by atoms with E-state index in [4.69, 9.17) is 4.74 Å². The molecule has 63 valence electrons. The van der Waals surface area contributed by atoms with E-state index in [1.807, 2.05) is 13.0 Å². The summed E-state index contributed by atoms with van der Waals surface area (Å²) in [6.07, 6.45) is 0.801. The largest absolute Gasteiger partial charge is 0.493 e. The highest BCUT2D eigenvalue weighted by atomic mass is 16.5. The molecule has 0 unspecified atom stereocenters. The minimum Gasteiger partial charge on any atom is -0.493 e. The van der Waals surface area contributed by atoms with E-state index in [0.717, 1.165) is 17.6 Å². The number of aldehydes is 1. The zero-order chi connectivity index (χ0) is 8.97. The van der Waals surface area contributed by atoms with Gasteiger partial charge in [0.05, 0.1) is 6.61 Å². The Balaban J connectivity index is 2.99. The molecule has 0 N–H and O–H groups in total. The van der Waals surface area contributed by atoms with Crippen molar-refractivity contribution >= 4 is 6.29 Å². The summed E-state index contributed by atoms with van der Waals surface area (Å²) in [5, 5.41) is 0. The lowest BCUT2D eigenvalue weighted by Gasteiger charge is -2.06. The molecule has 0 bridgehead atoms. The van der Waals surface area contributed by atoms with E-state index < -0.39 is 0 Å². The Kier molecular flexibility index (Phi) is 2.86. The van der Waals surface area contributed by atoms with Gasteiger partial charge in [-0.3, -0.25) is 4.79 Å². The normalized spacial score (nSPS) is 9.50. The minimum atomic E-state index is 0.378. The third-order valence-corrected chi connectivity index (χ3v) is 1.61. The molecule has 1 aromatic rings. The molecule has 1 radical (unpaired) electrons. The lowest BCUT2D eigenvalue weighted by Crippen LogP contribution is -1.95. The van der Waals surface area contributed by atoms with Gasteiger partial charge in [0.1, 0.15) is 12.0 Å². The Morgan fingerprint density at radius 1 is 1.58 bits per heavy atom. The van der Waals surface area contributed by atoms with Gasteiger partial charge >= 0.3 is 0 Å². The molecule has 1 rings (SSSR count). The lowest BCUT2D eigenvalue weighted by atomic mass is 10.1. The highest BCUT2D eigenvalue weighted by Gasteiger charge is 1.99. The Labute approximate surface area is 72.2 Å². The zero-order valence-electron chi connectivity index (χ0n) is 7.04. The van der Waals surface area contributed by atoms with Crippen molar-refractivity contribution in [2.75, 3.05) is 6.61 Å². The number of hydrogen-bond donors (Lipinski definition) is 0. The molecule has 2 nitrogen and oxygen atoms in total. The molecule has 2 heteroatoms. The summed E-state index contributed by atoms with van der Waals surface area (Å²) in [6, 6.07) is 5.33. The van der Waals surface area contributed by atoms with Gasteiger partial charge in [-0.1, -0.05) is 12.1 Å². The van der Waals surface area contributed by atoms with Crippen LogP contribution < -0.4 is 4.74 Å². The first-order valence-corrected chi connectivity index (χ1v) is 3.76. The first kappa shape index (κ1) is 8.78. The van der Waals surface area contributed by atoms with Gasteiger partial charge in [0, 0.05) is 5.56 Å². The number of carbonyl (C=O) groups is 1. The van der Waals surface area contributed by atoms with Crippen LogP contribution in [-0.4, -0.2) is 12.9 Å². The van der Waals surface area contributed by atoms with Gasteiger partial charge in [0.25, 0.3) is 0 Å². The van der Waals surface area contributed by atoms with Crippen LogP contribution in [0.3, 0.4) is 0 Å². The quantitative estimate of drug-likeness (QED) is 0.637. The smallest absolute Gasteiger partial charge is 0.150 e. The third-order valence-electron chi connectivity index (χ3n) is 1.61. The summed E-state index contributed by atoms with van der Waals surface area (Å²) in [4.78, 5) is 10.4. The minimum absolute atomic E-state index is 0.378. The van der Waals surface area contributed by atoms with Gasteiger partial charge in [0.15, 0.2) is 0 Å². The van der Waals surface area contributed by atoms with E-state index in [2.05, 4.69) is 6.92 Å². The summed E-state index contributed by atoms with van der Waals surface area (Å²) in [7, 11) is 0. The van der Waals surface area contributed by atoms with Crippen LogP contribution in [0.15, 0.2) is 18.2 Å². The summed E-state index contributed by atoms with van der Waals surface area (Å²) < 4.78 is 5.21. The molecule has 0 aliphatic carbocycles. The van der Waals surface area contributed by atoms with Crippen LogP contribution in [0.4, 0.5) is 0 Å². The summed E-state index contributed by atoms with van der Waals surface area (Å²) in [5.74, 6) is 0.731. The molecule has 0 amide bonds. The van der Waals surface area contributed by atoms with Crippen molar-refractivity contribution in [2.45, 2.75) is 6.92 Å². The molecule has 12 heavy (non-hydrogen) atoms. The Bertz CT molecular complexity index is 279. The molecule has 0 saturated carbocycles. The summed E-state index contributed by atoms with van der Waals surface area (Å²) in [6.45, 7) is 5.88. The van der Waals surface area contributed by atoms with Crippen molar-refractivity contribution in [2.24, 2.45) is 0 Å². The number of hydrogen-bond acceptors (Lipinski definition) is 2. The molecule has 0 saturated heterocycles. The molecule has 0 aliphatic rings. The molecule has 1 aromatic carbocycles. The Hall–Kier alpha value is -1.31. The standard InChI is InChI=1S/C10H11O2/c1-3-12-10-6-9(7-11)5-4-8(10)2/h4-7H,1,3H2,2H3. The number of carbonyl (C=O) groups excluding carboxylic acids is 1. The molecule has 0 fully saturated rings. The molecule has 0 atom stereocenters. The predicted octanol–water partition coefficient (Wildman–Crippen LogP) is 2.02. The fourth-order valence-electron chi connectivity index (χ4n) is 0.955. The average Bonchev–Trinajstić information content (AvgIpc) is 2.09. The van der Waals surface area contributed by atoms with Gasteiger partial charge in [-0.2, -0.15) is 0 Å². The van der Waals surface area contributed by atoms with Crippen LogP contribution >= 0.6 is 0 Å². The van der Waals surface area contributed by atoms with Crippen LogP contribution in [0.5, 0.6) is 5.75 Å². The Morgan fingerprint density at radius 3 is 2.92 bits per heavy atom. The van der Waals surface area contributed by atoms with Gasteiger partial charge < -0.3 is 4.74 Å². The molecular weight excluding hydrogens is 152 g/mol. The molecule has 0 aliphatic heterocycles. The van der Waals surface area contributed by atoms with E-state index in [1.165, 1.54) is 0 Å². The third kappa shape index (κ3) is 1.84. The second-order valence-corrected chi connectivity index (χ2v) is 2.49. The van der Waals surface area contributed by atoms with Crippen molar-refractivity contribution in [3.8, 4) is 5.75 Å². The van der Waals surface area contributed by atoms with E-state index in [1.54, 1.807) is 12.1 Å². The second kappa shape index (κ2) is 3.90. The number of aryl methyl sites for hydroxylation is 1. The van der Waals surface area contributed by atoms with Crippen molar-refractivity contribution < 1.29 is 9.53 Å². The van der Waals surface area contributed by atoms with E-state index >= 15 is 0 Å². The maximum absolute atomic E-state index is 10.4. The topological polar surface area (TPSA) is 26.3 Å². The molecule has 0 aromatic heterocycles. The summed E-state index contributed by atoms with van der Waals surface area (Å²) >= 11 is 0. The van der Waals surface area contributed by atoms with Crippen molar-refractivity contribution in [3.05, 3.63) is 36.2 Å².